The predicted molar refractivity (Wildman–Crippen MR) is 71.8 cm³/mol. The van der Waals surface area contributed by atoms with Gasteiger partial charge in [0, 0.05) is 13.2 Å². The summed E-state index contributed by atoms with van der Waals surface area (Å²) in [4.78, 5) is 0. The highest BCUT2D eigenvalue weighted by Gasteiger charge is 2.23. The largest absolute Gasteiger partial charge is 0.494 e. The number of nitrogens with one attached hydrogen (secondary N) is 1. The second-order valence-corrected chi connectivity index (χ2v) is 3.94. The molecule has 108 valence electrons. The molecule has 0 aliphatic carbocycles. The third-order valence-corrected chi connectivity index (χ3v) is 2.78. The zero-order chi connectivity index (χ0) is 14.3. The van der Waals surface area contributed by atoms with E-state index in [0.717, 1.165) is 5.56 Å². The molecule has 0 aromatic heterocycles. The maximum absolute atomic E-state index is 13.7. The van der Waals surface area contributed by atoms with Crippen LogP contribution >= 0.6 is 0 Å². The fourth-order valence-electron chi connectivity index (χ4n) is 1.91. The van der Waals surface area contributed by atoms with Crippen LogP contribution in [0.4, 0.5) is 4.39 Å². The molecule has 19 heavy (non-hydrogen) atoms. The van der Waals surface area contributed by atoms with Crippen LogP contribution in [0.1, 0.15) is 25.5 Å². The number of methoxy groups -OCH3 is 1. The number of halogens is 1. The maximum atomic E-state index is 13.7. The Balaban J connectivity index is 2.96. The molecule has 4 nitrogen and oxygen atoms in total. The standard InChI is InChI=1S/C14H22FNO3/c1-5-18-14(19-6-2)13(16-3)10-7-8-12(17-4)11(15)9-10/h7-9,13-14,16H,5-6H2,1-4H3. The van der Waals surface area contributed by atoms with E-state index in [1.54, 1.807) is 19.2 Å². The van der Waals surface area contributed by atoms with E-state index in [-0.39, 0.29) is 11.8 Å². The molecule has 1 unspecified atom stereocenters. The van der Waals surface area contributed by atoms with Crippen molar-refractivity contribution in [2.45, 2.75) is 26.2 Å². The van der Waals surface area contributed by atoms with E-state index in [9.17, 15) is 4.39 Å². The third-order valence-electron chi connectivity index (χ3n) is 2.78. The van der Waals surface area contributed by atoms with Gasteiger partial charge in [-0.15, -0.1) is 0 Å². The normalized spacial score (nSPS) is 12.7. The highest BCUT2D eigenvalue weighted by atomic mass is 19.1. The van der Waals surface area contributed by atoms with Gasteiger partial charge in [0.05, 0.1) is 13.2 Å². The summed E-state index contributed by atoms with van der Waals surface area (Å²) in [5.74, 6) is -0.171. The first kappa shape index (κ1) is 15.9. The van der Waals surface area contributed by atoms with Gasteiger partial charge in [0.25, 0.3) is 0 Å². The second kappa shape index (κ2) is 8.09. The van der Waals surface area contributed by atoms with E-state index in [0.29, 0.717) is 13.2 Å². The molecule has 5 heteroatoms. The van der Waals surface area contributed by atoms with Crippen molar-refractivity contribution < 1.29 is 18.6 Å². The lowest BCUT2D eigenvalue weighted by molar-refractivity contribution is -0.154. The molecular weight excluding hydrogens is 249 g/mol. The smallest absolute Gasteiger partial charge is 0.176 e. The van der Waals surface area contributed by atoms with Gasteiger partial charge in [-0.1, -0.05) is 6.07 Å². The molecule has 0 aliphatic rings. The minimum absolute atomic E-state index is 0.225. The molecule has 0 saturated carbocycles. The van der Waals surface area contributed by atoms with Crippen molar-refractivity contribution in [3.8, 4) is 5.75 Å². The SMILES string of the molecule is CCOC(OCC)C(NC)c1ccc(OC)c(F)c1. The van der Waals surface area contributed by atoms with Gasteiger partial charge in [-0.05, 0) is 38.6 Å². The fourth-order valence-corrected chi connectivity index (χ4v) is 1.91. The van der Waals surface area contributed by atoms with Crippen LogP contribution in [0.3, 0.4) is 0 Å². The van der Waals surface area contributed by atoms with Crippen LogP contribution < -0.4 is 10.1 Å². The van der Waals surface area contributed by atoms with Crippen molar-refractivity contribution in [2.75, 3.05) is 27.4 Å². The van der Waals surface area contributed by atoms with Crippen LogP contribution in [-0.2, 0) is 9.47 Å². The molecule has 0 amide bonds. The summed E-state index contributed by atoms with van der Waals surface area (Å²) in [5, 5.41) is 3.10. The van der Waals surface area contributed by atoms with E-state index in [1.165, 1.54) is 13.2 Å². The lowest BCUT2D eigenvalue weighted by Crippen LogP contribution is -2.34. The first-order valence-electron chi connectivity index (χ1n) is 6.41. The lowest BCUT2D eigenvalue weighted by atomic mass is 10.1. The molecular formula is C14H22FNO3. The second-order valence-electron chi connectivity index (χ2n) is 3.94. The quantitative estimate of drug-likeness (QED) is 0.737. The first-order valence-corrected chi connectivity index (χ1v) is 6.41. The molecule has 1 aromatic carbocycles. The molecule has 0 heterocycles. The van der Waals surface area contributed by atoms with E-state index < -0.39 is 12.1 Å². The highest BCUT2D eigenvalue weighted by molar-refractivity contribution is 5.31. The molecule has 1 atom stereocenters. The number of hydrogen-bond donors (Lipinski definition) is 1. The minimum Gasteiger partial charge on any atom is -0.494 e. The maximum Gasteiger partial charge on any atom is 0.176 e. The Morgan fingerprint density at radius 2 is 1.84 bits per heavy atom. The molecule has 0 fully saturated rings. The first-order chi connectivity index (χ1) is 9.17. The van der Waals surface area contributed by atoms with Gasteiger partial charge in [0.15, 0.2) is 17.9 Å². The summed E-state index contributed by atoms with van der Waals surface area (Å²) in [6.07, 6.45) is -0.451. The van der Waals surface area contributed by atoms with Crippen LogP contribution in [0.25, 0.3) is 0 Å². The van der Waals surface area contributed by atoms with Crippen LogP contribution in [-0.4, -0.2) is 33.7 Å². The summed E-state index contributed by atoms with van der Waals surface area (Å²) >= 11 is 0. The van der Waals surface area contributed by atoms with Crippen molar-refractivity contribution in [3.05, 3.63) is 29.6 Å². The van der Waals surface area contributed by atoms with Crippen molar-refractivity contribution in [1.29, 1.82) is 0 Å². The molecule has 0 spiro atoms. The zero-order valence-electron chi connectivity index (χ0n) is 11.9. The molecule has 1 N–H and O–H groups in total. The zero-order valence-corrected chi connectivity index (χ0v) is 11.9. The van der Waals surface area contributed by atoms with Gasteiger partial charge in [0.1, 0.15) is 0 Å². The van der Waals surface area contributed by atoms with E-state index >= 15 is 0 Å². The number of ether oxygens (including phenoxy) is 3. The van der Waals surface area contributed by atoms with Crippen molar-refractivity contribution >= 4 is 0 Å². The van der Waals surface area contributed by atoms with E-state index in [4.69, 9.17) is 14.2 Å². The van der Waals surface area contributed by atoms with E-state index in [2.05, 4.69) is 5.32 Å². The molecule has 1 rings (SSSR count). The van der Waals surface area contributed by atoms with Crippen LogP contribution in [0.2, 0.25) is 0 Å². The Hall–Kier alpha value is -1.17. The highest BCUT2D eigenvalue weighted by Crippen LogP contribution is 2.25. The Morgan fingerprint density at radius 1 is 1.21 bits per heavy atom. The Morgan fingerprint density at radius 3 is 2.26 bits per heavy atom. The molecule has 1 aromatic rings. The molecule has 0 bridgehead atoms. The Kier molecular flexibility index (Phi) is 6.77. The van der Waals surface area contributed by atoms with E-state index in [1.807, 2.05) is 13.8 Å². The van der Waals surface area contributed by atoms with Gasteiger partial charge >= 0.3 is 0 Å². The minimum atomic E-state index is -0.451. The van der Waals surface area contributed by atoms with Crippen molar-refractivity contribution in [3.63, 3.8) is 0 Å². The van der Waals surface area contributed by atoms with Gasteiger partial charge in [-0.3, -0.25) is 0 Å². The number of rotatable bonds is 8. The van der Waals surface area contributed by atoms with Crippen LogP contribution in [0.5, 0.6) is 5.75 Å². The summed E-state index contributed by atoms with van der Waals surface area (Å²) < 4.78 is 29.8. The summed E-state index contributed by atoms with van der Waals surface area (Å²) in [6.45, 7) is 4.85. The van der Waals surface area contributed by atoms with Gasteiger partial charge in [-0.2, -0.15) is 0 Å². The molecule has 0 radical (unpaired) electrons. The van der Waals surface area contributed by atoms with Crippen LogP contribution in [0, 0.1) is 5.82 Å². The van der Waals surface area contributed by atoms with Crippen LogP contribution in [0.15, 0.2) is 18.2 Å². The number of hydrogen-bond acceptors (Lipinski definition) is 4. The van der Waals surface area contributed by atoms with Gasteiger partial charge in [0.2, 0.25) is 0 Å². The predicted octanol–water partition coefficient (Wildman–Crippen LogP) is 2.49. The molecule has 0 saturated heterocycles. The van der Waals surface area contributed by atoms with Gasteiger partial charge < -0.3 is 19.5 Å². The Bertz CT molecular complexity index is 381. The average molecular weight is 271 g/mol. The molecule has 0 aliphatic heterocycles. The summed E-state index contributed by atoms with van der Waals surface area (Å²) in [7, 11) is 3.23. The number of benzene rings is 1. The lowest BCUT2D eigenvalue weighted by Gasteiger charge is -2.27. The summed E-state index contributed by atoms with van der Waals surface area (Å²) in [5.41, 5.74) is 0.757. The van der Waals surface area contributed by atoms with Crippen molar-refractivity contribution in [2.24, 2.45) is 0 Å². The summed E-state index contributed by atoms with van der Waals surface area (Å²) in [6, 6.07) is 4.60. The monoisotopic (exact) mass is 271 g/mol. The third kappa shape index (κ3) is 4.16. The Labute approximate surface area is 113 Å². The fraction of sp³-hybridized carbons (Fsp3) is 0.571. The topological polar surface area (TPSA) is 39.7 Å². The average Bonchev–Trinajstić information content (AvgIpc) is 2.40. The van der Waals surface area contributed by atoms with Gasteiger partial charge in [-0.25, -0.2) is 4.39 Å². The van der Waals surface area contributed by atoms with Crippen molar-refractivity contribution in [1.82, 2.24) is 5.32 Å². The number of likely N-dealkylation sites (N-methyl/N-ethyl adjacent to an activating group) is 1.